The van der Waals surface area contributed by atoms with Crippen LogP contribution < -0.4 is 5.73 Å². The van der Waals surface area contributed by atoms with Crippen LogP contribution >= 0.6 is 0 Å². The molecule has 15 heavy (non-hydrogen) atoms. The quantitative estimate of drug-likeness (QED) is 0.703. The predicted octanol–water partition coefficient (Wildman–Crippen LogP) is 3.38. The van der Waals surface area contributed by atoms with Gasteiger partial charge in [-0.05, 0) is 36.2 Å². The third-order valence-corrected chi connectivity index (χ3v) is 2.43. The summed E-state index contributed by atoms with van der Waals surface area (Å²) in [6.07, 6.45) is 0. The maximum atomic E-state index is 13.6. The number of halogens is 1. The number of nitrogens with two attached hydrogens (primary N) is 1. The van der Waals surface area contributed by atoms with Crippen LogP contribution in [0.4, 0.5) is 10.1 Å². The van der Waals surface area contributed by atoms with E-state index in [1.54, 1.807) is 12.1 Å². The van der Waals surface area contributed by atoms with Crippen LogP contribution in [-0.4, -0.2) is 0 Å². The van der Waals surface area contributed by atoms with E-state index in [-0.39, 0.29) is 5.82 Å². The Morgan fingerprint density at radius 1 is 1.00 bits per heavy atom. The molecule has 0 saturated carbocycles. The lowest BCUT2D eigenvalue weighted by molar-refractivity contribution is 0.632. The predicted molar refractivity (Wildman–Crippen MR) is 61.0 cm³/mol. The first-order valence-electron chi connectivity index (χ1n) is 4.79. The molecule has 0 aliphatic carbocycles. The SMILES string of the molecule is Cc1ccccc1-c1ccc(N)cc1F. The van der Waals surface area contributed by atoms with Gasteiger partial charge in [-0.25, -0.2) is 4.39 Å². The molecular formula is C13H12FN. The molecule has 0 aromatic heterocycles. The molecule has 0 heterocycles. The van der Waals surface area contributed by atoms with E-state index in [2.05, 4.69) is 0 Å². The zero-order chi connectivity index (χ0) is 10.8. The third kappa shape index (κ3) is 1.84. The number of nitrogen functional groups attached to an aromatic ring is 1. The Bertz CT molecular complexity index is 492. The molecule has 2 N–H and O–H groups in total. The van der Waals surface area contributed by atoms with E-state index < -0.39 is 0 Å². The standard InChI is InChI=1S/C13H12FN/c1-9-4-2-3-5-11(9)12-7-6-10(15)8-13(12)14/h2-8H,15H2,1H3. The number of anilines is 1. The molecule has 0 unspecified atom stereocenters. The summed E-state index contributed by atoms with van der Waals surface area (Å²) < 4.78 is 13.6. The number of hydrogen-bond acceptors (Lipinski definition) is 1. The third-order valence-electron chi connectivity index (χ3n) is 2.43. The average molecular weight is 201 g/mol. The van der Waals surface area contributed by atoms with Gasteiger partial charge >= 0.3 is 0 Å². The highest BCUT2D eigenvalue weighted by molar-refractivity contribution is 5.69. The fourth-order valence-electron chi connectivity index (χ4n) is 1.62. The maximum absolute atomic E-state index is 13.6. The van der Waals surface area contributed by atoms with Crippen LogP contribution in [0.25, 0.3) is 11.1 Å². The van der Waals surface area contributed by atoms with Crippen LogP contribution in [0.3, 0.4) is 0 Å². The molecule has 0 spiro atoms. The summed E-state index contributed by atoms with van der Waals surface area (Å²) in [4.78, 5) is 0. The molecule has 0 atom stereocenters. The summed E-state index contributed by atoms with van der Waals surface area (Å²) in [6, 6.07) is 12.5. The molecule has 0 aliphatic rings. The smallest absolute Gasteiger partial charge is 0.133 e. The summed E-state index contributed by atoms with van der Waals surface area (Å²) >= 11 is 0. The molecule has 0 fully saturated rings. The van der Waals surface area contributed by atoms with Crippen molar-refractivity contribution < 1.29 is 4.39 Å². The minimum absolute atomic E-state index is 0.274. The lowest BCUT2D eigenvalue weighted by Gasteiger charge is -2.07. The fourth-order valence-corrected chi connectivity index (χ4v) is 1.62. The van der Waals surface area contributed by atoms with Crippen molar-refractivity contribution in [1.82, 2.24) is 0 Å². The maximum Gasteiger partial charge on any atom is 0.133 e. The van der Waals surface area contributed by atoms with Gasteiger partial charge in [0.2, 0.25) is 0 Å². The van der Waals surface area contributed by atoms with Crippen molar-refractivity contribution in [2.75, 3.05) is 5.73 Å². The van der Waals surface area contributed by atoms with E-state index in [0.717, 1.165) is 11.1 Å². The van der Waals surface area contributed by atoms with Gasteiger partial charge in [-0.1, -0.05) is 24.3 Å². The molecule has 2 rings (SSSR count). The first-order valence-corrected chi connectivity index (χ1v) is 4.79. The highest BCUT2D eigenvalue weighted by atomic mass is 19.1. The number of aryl methyl sites for hydroxylation is 1. The van der Waals surface area contributed by atoms with Gasteiger partial charge in [-0.3, -0.25) is 0 Å². The Hall–Kier alpha value is -1.83. The van der Waals surface area contributed by atoms with Gasteiger partial charge < -0.3 is 5.73 Å². The molecule has 1 nitrogen and oxygen atoms in total. The monoisotopic (exact) mass is 201 g/mol. The number of rotatable bonds is 1. The second-order valence-corrected chi connectivity index (χ2v) is 3.55. The van der Waals surface area contributed by atoms with Crippen molar-refractivity contribution >= 4 is 5.69 Å². The molecule has 0 bridgehead atoms. The zero-order valence-electron chi connectivity index (χ0n) is 8.50. The Morgan fingerprint density at radius 2 is 1.73 bits per heavy atom. The lowest BCUT2D eigenvalue weighted by Crippen LogP contribution is -1.90. The van der Waals surface area contributed by atoms with Gasteiger partial charge in [0.05, 0.1) is 0 Å². The summed E-state index contributed by atoms with van der Waals surface area (Å²) in [6.45, 7) is 1.96. The molecular weight excluding hydrogens is 189 g/mol. The summed E-state index contributed by atoms with van der Waals surface area (Å²) in [7, 11) is 0. The van der Waals surface area contributed by atoms with Gasteiger partial charge in [-0.2, -0.15) is 0 Å². The molecule has 2 aromatic carbocycles. The van der Waals surface area contributed by atoms with E-state index in [1.165, 1.54) is 6.07 Å². The second kappa shape index (κ2) is 3.73. The molecule has 0 aliphatic heterocycles. The van der Waals surface area contributed by atoms with Crippen LogP contribution in [0.1, 0.15) is 5.56 Å². The van der Waals surface area contributed by atoms with E-state index in [0.29, 0.717) is 11.3 Å². The minimum atomic E-state index is -0.274. The zero-order valence-corrected chi connectivity index (χ0v) is 8.50. The largest absolute Gasteiger partial charge is 0.399 e. The second-order valence-electron chi connectivity index (χ2n) is 3.55. The molecule has 0 radical (unpaired) electrons. The normalized spacial score (nSPS) is 10.3. The summed E-state index contributed by atoms with van der Waals surface area (Å²) in [5, 5.41) is 0. The fraction of sp³-hybridized carbons (Fsp3) is 0.0769. The van der Waals surface area contributed by atoms with E-state index >= 15 is 0 Å². The van der Waals surface area contributed by atoms with Crippen LogP contribution in [0, 0.1) is 12.7 Å². The van der Waals surface area contributed by atoms with E-state index in [9.17, 15) is 4.39 Å². The van der Waals surface area contributed by atoms with Gasteiger partial charge in [0.15, 0.2) is 0 Å². The van der Waals surface area contributed by atoms with Gasteiger partial charge in [-0.15, -0.1) is 0 Å². The number of benzene rings is 2. The Morgan fingerprint density at radius 3 is 2.40 bits per heavy atom. The average Bonchev–Trinajstić information content (AvgIpc) is 2.20. The van der Waals surface area contributed by atoms with Crippen molar-refractivity contribution in [3.05, 3.63) is 53.8 Å². The lowest BCUT2D eigenvalue weighted by atomic mass is 10.00. The van der Waals surface area contributed by atoms with Crippen molar-refractivity contribution in [2.24, 2.45) is 0 Å². The van der Waals surface area contributed by atoms with Crippen molar-refractivity contribution in [3.63, 3.8) is 0 Å². The van der Waals surface area contributed by atoms with Gasteiger partial charge in [0, 0.05) is 11.3 Å². The molecule has 2 aromatic rings. The summed E-state index contributed by atoms with van der Waals surface area (Å²) in [5.74, 6) is -0.274. The Labute approximate surface area is 88.4 Å². The van der Waals surface area contributed by atoms with Crippen LogP contribution in [-0.2, 0) is 0 Å². The molecule has 0 saturated heterocycles. The van der Waals surface area contributed by atoms with E-state index in [1.807, 2.05) is 31.2 Å². The minimum Gasteiger partial charge on any atom is -0.399 e. The Balaban J connectivity index is 2.60. The Kier molecular flexibility index (Phi) is 2.42. The van der Waals surface area contributed by atoms with Crippen LogP contribution in [0.2, 0.25) is 0 Å². The highest BCUT2D eigenvalue weighted by Gasteiger charge is 2.06. The summed E-state index contributed by atoms with van der Waals surface area (Å²) in [5.41, 5.74) is 8.52. The van der Waals surface area contributed by atoms with Crippen LogP contribution in [0.5, 0.6) is 0 Å². The van der Waals surface area contributed by atoms with Gasteiger partial charge in [0.1, 0.15) is 5.82 Å². The molecule has 2 heteroatoms. The van der Waals surface area contributed by atoms with E-state index in [4.69, 9.17) is 5.73 Å². The first kappa shape index (κ1) is 9.71. The molecule has 76 valence electrons. The topological polar surface area (TPSA) is 26.0 Å². The highest BCUT2D eigenvalue weighted by Crippen LogP contribution is 2.26. The van der Waals surface area contributed by atoms with Crippen molar-refractivity contribution in [2.45, 2.75) is 6.92 Å². The number of hydrogen-bond donors (Lipinski definition) is 1. The first-order chi connectivity index (χ1) is 7.18. The van der Waals surface area contributed by atoms with Crippen LogP contribution in [0.15, 0.2) is 42.5 Å². The van der Waals surface area contributed by atoms with Crippen molar-refractivity contribution in [1.29, 1.82) is 0 Å². The van der Waals surface area contributed by atoms with Gasteiger partial charge in [0.25, 0.3) is 0 Å². The van der Waals surface area contributed by atoms with Crippen molar-refractivity contribution in [3.8, 4) is 11.1 Å². The molecule has 0 amide bonds.